The van der Waals surface area contributed by atoms with Crippen molar-refractivity contribution in [2.24, 2.45) is 0 Å². The van der Waals surface area contributed by atoms with Crippen LogP contribution < -0.4 is 0 Å². The largest absolute Gasteiger partial charge is 0.461 e. The van der Waals surface area contributed by atoms with Gasteiger partial charge in [0.05, 0.1) is 6.61 Å². The third kappa shape index (κ3) is 2.99. The quantitative estimate of drug-likeness (QED) is 0.620. The average molecular weight is 228 g/mol. The molecule has 0 fully saturated rings. The highest BCUT2D eigenvalue weighted by Gasteiger charge is 2.17. The molecule has 0 spiro atoms. The zero-order valence-electron chi connectivity index (χ0n) is 9.29. The van der Waals surface area contributed by atoms with E-state index in [4.69, 9.17) is 4.74 Å². The molecule has 1 rings (SSSR count). The van der Waals surface area contributed by atoms with Crippen molar-refractivity contribution in [3.05, 3.63) is 11.5 Å². The number of aryl methyl sites for hydroxylation is 1. The first kappa shape index (κ1) is 12.1. The number of hydrogen-bond donors (Lipinski definition) is 1. The molecular weight excluding hydrogens is 212 g/mol. The van der Waals surface area contributed by atoms with Gasteiger partial charge in [0.1, 0.15) is 10.9 Å². The number of H-pyrrole nitrogens is 1. The van der Waals surface area contributed by atoms with Crippen molar-refractivity contribution in [2.45, 2.75) is 31.7 Å². The molecule has 0 amide bonds. The van der Waals surface area contributed by atoms with Crippen molar-refractivity contribution in [3.63, 3.8) is 0 Å². The van der Waals surface area contributed by atoms with Crippen LogP contribution in [0.3, 0.4) is 0 Å². The fourth-order valence-electron chi connectivity index (χ4n) is 1.25. The van der Waals surface area contributed by atoms with Crippen LogP contribution in [0.2, 0.25) is 0 Å². The standard InChI is InChI=1S/C10H16N2O2S/c1-4-6-7-11-8(9(12-7)15-3)10(13)14-5-2/h4-6H2,1-3H3,(H,11,12). The van der Waals surface area contributed by atoms with Gasteiger partial charge in [-0.2, -0.15) is 0 Å². The highest BCUT2D eigenvalue weighted by atomic mass is 32.2. The number of nitrogens with one attached hydrogen (secondary N) is 1. The van der Waals surface area contributed by atoms with E-state index in [0.717, 1.165) is 23.7 Å². The number of aromatic nitrogens is 2. The van der Waals surface area contributed by atoms with Crippen molar-refractivity contribution in [3.8, 4) is 0 Å². The number of hydrogen-bond acceptors (Lipinski definition) is 4. The number of nitrogens with zero attached hydrogens (tertiary/aromatic N) is 1. The van der Waals surface area contributed by atoms with Crippen LogP contribution in [0.15, 0.2) is 5.03 Å². The summed E-state index contributed by atoms with van der Waals surface area (Å²) in [5.74, 6) is 0.529. The highest BCUT2D eigenvalue weighted by molar-refractivity contribution is 7.98. The molecule has 84 valence electrons. The molecule has 0 aliphatic rings. The van der Waals surface area contributed by atoms with Crippen LogP contribution in [-0.2, 0) is 11.2 Å². The number of thioether (sulfide) groups is 1. The second-order valence-electron chi connectivity index (χ2n) is 3.04. The Bertz CT molecular complexity index is 336. The van der Waals surface area contributed by atoms with Crippen LogP contribution in [-0.4, -0.2) is 28.8 Å². The zero-order valence-corrected chi connectivity index (χ0v) is 10.1. The van der Waals surface area contributed by atoms with Crippen molar-refractivity contribution in [1.82, 2.24) is 9.97 Å². The molecule has 0 bridgehead atoms. The minimum Gasteiger partial charge on any atom is -0.461 e. The average Bonchev–Trinajstić information content (AvgIpc) is 2.62. The summed E-state index contributed by atoms with van der Waals surface area (Å²) in [4.78, 5) is 18.9. The molecule has 1 N–H and O–H groups in total. The lowest BCUT2D eigenvalue weighted by Crippen LogP contribution is -2.06. The first-order valence-corrected chi connectivity index (χ1v) is 6.25. The maximum absolute atomic E-state index is 11.5. The Morgan fingerprint density at radius 1 is 1.53 bits per heavy atom. The lowest BCUT2D eigenvalue weighted by molar-refractivity contribution is 0.0515. The van der Waals surface area contributed by atoms with Gasteiger partial charge in [0.25, 0.3) is 0 Å². The molecular formula is C10H16N2O2S. The summed E-state index contributed by atoms with van der Waals surface area (Å²) >= 11 is 1.45. The lowest BCUT2D eigenvalue weighted by atomic mass is 10.3. The Labute approximate surface area is 93.8 Å². The van der Waals surface area contributed by atoms with E-state index in [0.29, 0.717) is 12.3 Å². The van der Waals surface area contributed by atoms with Gasteiger partial charge in [-0.1, -0.05) is 6.92 Å². The van der Waals surface area contributed by atoms with Crippen molar-refractivity contribution >= 4 is 17.7 Å². The summed E-state index contributed by atoms with van der Waals surface area (Å²) in [6.07, 6.45) is 3.76. The monoisotopic (exact) mass is 228 g/mol. The smallest absolute Gasteiger partial charge is 0.357 e. The Hall–Kier alpha value is -0.970. The van der Waals surface area contributed by atoms with Gasteiger partial charge in [-0.05, 0) is 19.6 Å². The van der Waals surface area contributed by atoms with Gasteiger partial charge in [0.2, 0.25) is 0 Å². The van der Waals surface area contributed by atoms with Gasteiger partial charge in [-0.3, -0.25) is 0 Å². The Morgan fingerprint density at radius 3 is 2.80 bits per heavy atom. The summed E-state index contributed by atoms with van der Waals surface area (Å²) in [7, 11) is 0. The van der Waals surface area contributed by atoms with Crippen LogP contribution >= 0.6 is 11.8 Å². The molecule has 1 aromatic rings. The Kier molecular flexibility index (Phi) is 4.68. The fraction of sp³-hybridized carbons (Fsp3) is 0.600. The third-order valence-electron chi connectivity index (χ3n) is 1.88. The van der Waals surface area contributed by atoms with Crippen LogP contribution in [0, 0.1) is 0 Å². The zero-order chi connectivity index (χ0) is 11.3. The predicted molar refractivity (Wildman–Crippen MR) is 60.3 cm³/mol. The molecule has 0 aliphatic carbocycles. The topological polar surface area (TPSA) is 55.0 Å². The first-order chi connectivity index (χ1) is 7.22. The first-order valence-electron chi connectivity index (χ1n) is 5.02. The van der Waals surface area contributed by atoms with Gasteiger partial charge in [-0.15, -0.1) is 11.8 Å². The van der Waals surface area contributed by atoms with E-state index in [9.17, 15) is 4.79 Å². The third-order valence-corrected chi connectivity index (χ3v) is 2.56. The van der Waals surface area contributed by atoms with E-state index < -0.39 is 0 Å². The minimum absolute atomic E-state index is 0.322. The number of aromatic amines is 1. The van der Waals surface area contributed by atoms with Gasteiger partial charge < -0.3 is 9.72 Å². The second kappa shape index (κ2) is 5.80. The fourth-order valence-corrected chi connectivity index (χ4v) is 1.79. The number of imidazole rings is 1. The summed E-state index contributed by atoms with van der Waals surface area (Å²) in [6.45, 7) is 4.25. The highest BCUT2D eigenvalue weighted by Crippen LogP contribution is 2.19. The van der Waals surface area contributed by atoms with E-state index >= 15 is 0 Å². The lowest BCUT2D eigenvalue weighted by Gasteiger charge is -1.99. The number of carbonyl (C=O) groups is 1. The van der Waals surface area contributed by atoms with Gasteiger partial charge >= 0.3 is 5.97 Å². The van der Waals surface area contributed by atoms with Crippen molar-refractivity contribution in [1.29, 1.82) is 0 Å². The molecule has 1 heterocycles. The van der Waals surface area contributed by atoms with E-state index in [2.05, 4.69) is 16.9 Å². The summed E-state index contributed by atoms with van der Waals surface area (Å²) in [5.41, 5.74) is 0.479. The van der Waals surface area contributed by atoms with Crippen molar-refractivity contribution in [2.75, 3.05) is 12.9 Å². The molecule has 0 atom stereocenters. The van der Waals surface area contributed by atoms with E-state index in [1.807, 2.05) is 6.26 Å². The molecule has 5 heteroatoms. The Balaban J connectivity index is 2.89. The van der Waals surface area contributed by atoms with Crippen LogP contribution in [0.1, 0.15) is 36.6 Å². The molecule has 15 heavy (non-hydrogen) atoms. The molecule has 0 aromatic carbocycles. The van der Waals surface area contributed by atoms with Crippen molar-refractivity contribution < 1.29 is 9.53 Å². The summed E-state index contributed by atoms with van der Waals surface area (Å²) < 4.78 is 4.94. The maximum Gasteiger partial charge on any atom is 0.357 e. The summed E-state index contributed by atoms with van der Waals surface area (Å²) in [5, 5.41) is 0.719. The number of rotatable bonds is 5. The molecule has 0 saturated heterocycles. The van der Waals surface area contributed by atoms with Crippen LogP contribution in [0.25, 0.3) is 0 Å². The normalized spacial score (nSPS) is 10.3. The van der Waals surface area contributed by atoms with Crippen LogP contribution in [0.5, 0.6) is 0 Å². The molecule has 4 nitrogen and oxygen atoms in total. The maximum atomic E-state index is 11.5. The van der Waals surface area contributed by atoms with Crippen LogP contribution in [0.4, 0.5) is 0 Å². The molecule has 0 radical (unpaired) electrons. The molecule has 1 aromatic heterocycles. The predicted octanol–water partition coefficient (Wildman–Crippen LogP) is 2.26. The Morgan fingerprint density at radius 2 is 2.27 bits per heavy atom. The molecule has 0 unspecified atom stereocenters. The number of carbonyl (C=O) groups excluding carboxylic acids is 1. The molecule has 0 saturated carbocycles. The number of ether oxygens (including phenoxy) is 1. The van der Waals surface area contributed by atoms with E-state index in [-0.39, 0.29) is 5.97 Å². The summed E-state index contributed by atoms with van der Waals surface area (Å²) in [6, 6.07) is 0. The van der Waals surface area contributed by atoms with E-state index in [1.54, 1.807) is 6.92 Å². The van der Waals surface area contributed by atoms with Gasteiger partial charge in [0, 0.05) is 6.42 Å². The minimum atomic E-state index is -0.322. The SMILES string of the molecule is CCCc1nc(SC)c(C(=O)OCC)[nH]1. The number of esters is 1. The second-order valence-corrected chi connectivity index (χ2v) is 3.83. The van der Waals surface area contributed by atoms with Gasteiger partial charge in [0.15, 0.2) is 5.69 Å². The molecule has 0 aliphatic heterocycles. The van der Waals surface area contributed by atoms with Gasteiger partial charge in [-0.25, -0.2) is 9.78 Å². The van der Waals surface area contributed by atoms with E-state index in [1.165, 1.54) is 11.8 Å².